The standard InChI is InChI=1S/C9H8FNO5S/c1-15-7-2-5-6(16-4-9(12)11-5)3-8(7)17(10,13)14/h2-3H,4H2,1H3,(H,11,12). The van der Waals surface area contributed by atoms with Crippen molar-refractivity contribution < 1.29 is 26.6 Å². The lowest BCUT2D eigenvalue weighted by Gasteiger charge is -2.19. The van der Waals surface area contributed by atoms with Gasteiger partial charge >= 0.3 is 10.2 Å². The largest absolute Gasteiger partial charge is 0.495 e. The van der Waals surface area contributed by atoms with Gasteiger partial charge < -0.3 is 14.8 Å². The molecule has 17 heavy (non-hydrogen) atoms. The highest BCUT2D eigenvalue weighted by Gasteiger charge is 2.25. The Morgan fingerprint density at radius 3 is 2.76 bits per heavy atom. The Morgan fingerprint density at radius 2 is 2.18 bits per heavy atom. The summed E-state index contributed by atoms with van der Waals surface area (Å²) in [4.78, 5) is 10.4. The van der Waals surface area contributed by atoms with E-state index < -0.39 is 15.1 Å². The van der Waals surface area contributed by atoms with E-state index in [1.165, 1.54) is 13.2 Å². The van der Waals surface area contributed by atoms with E-state index in [0.29, 0.717) is 0 Å². The summed E-state index contributed by atoms with van der Waals surface area (Å²) in [7, 11) is -3.71. The normalized spacial score (nSPS) is 14.6. The molecule has 1 aromatic rings. The van der Waals surface area contributed by atoms with Gasteiger partial charge in [0, 0.05) is 12.1 Å². The number of fused-ring (bicyclic) bond motifs is 1. The highest BCUT2D eigenvalue weighted by atomic mass is 32.3. The second-order valence-electron chi connectivity index (χ2n) is 3.27. The molecule has 1 aliphatic heterocycles. The molecule has 6 nitrogen and oxygen atoms in total. The molecule has 0 unspecified atom stereocenters. The lowest BCUT2D eigenvalue weighted by molar-refractivity contribution is -0.118. The number of methoxy groups -OCH3 is 1. The molecule has 0 bridgehead atoms. The number of carbonyl (C=O) groups is 1. The Bertz CT molecular complexity index is 583. The molecule has 0 aliphatic carbocycles. The lowest BCUT2D eigenvalue weighted by Crippen LogP contribution is -2.25. The van der Waals surface area contributed by atoms with E-state index in [1.54, 1.807) is 0 Å². The van der Waals surface area contributed by atoms with Gasteiger partial charge in [-0.05, 0) is 0 Å². The average Bonchev–Trinajstić information content (AvgIpc) is 2.25. The Hall–Kier alpha value is -1.83. The van der Waals surface area contributed by atoms with Gasteiger partial charge in [-0.15, -0.1) is 3.89 Å². The van der Waals surface area contributed by atoms with Crippen LogP contribution in [-0.4, -0.2) is 28.0 Å². The van der Waals surface area contributed by atoms with Crippen molar-refractivity contribution in [3.05, 3.63) is 12.1 Å². The highest BCUT2D eigenvalue weighted by Crippen LogP contribution is 2.37. The summed E-state index contributed by atoms with van der Waals surface area (Å²) in [6.45, 7) is -0.245. The third-order valence-electron chi connectivity index (χ3n) is 2.16. The van der Waals surface area contributed by atoms with Crippen LogP contribution in [0.3, 0.4) is 0 Å². The second-order valence-corrected chi connectivity index (χ2v) is 4.59. The van der Waals surface area contributed by atoms with Gasteiger partial charge in [0.2, 0.25) is 0 Å². The fourth-order valence-corrected chi connectivity index (χ4v) is 2.07. The zero-order chi connectivity index (χ0) is 12.6. The molecule has 0 saturated carbocycles. The van der Waals surface area contributed by atoms with Crippen LogP contribution >= 0.6 is 0 Å². The molecule has 0 spiro atoms. The molecule has 1 N–H and O–H groups in total. The molecule has 8 heteroatoms. The van der Waals surface area contributed by atoms with E-state index in [4.69, 9.17) is 9.47 Å². The zero-order valence-corrected chi connectivity index (χ0v) is 9.51. The number of halogens is 1. The minimum Gasteiger partial charge on any atom is -0.495 e. The third kappa shape index (κ3) is 2.16. The Balaban J connectivity index is 2.61. The van der Waals surface area contributed by atoms with Crippen LogP contribution in [0.5, 0.6) is 11.5 Å². The summed E-state index contributed by atoms with van der Waals surface area (Å²) >= 11 is 0. The molecule has 1 aliphatic rings. The van der Waals surface area contributed by atoms with Crippen molar-refractivity contribution in [3.8, 4) is 11.5 Å². The van der Waals surface area contributed by atoms with Crippen molar-refractivity contribution >= 4 is 21.8 Å². The molecule has 1 amide bonds. The van der Waals surface area contributed by atoms with E-state index in [2.05, 4.69) is 5.32 Å². The van der Waals surface area contributed by atoms with Gasteiger partial charge in [0.05, 0.1) is 12.8 Å². The minimum atomic E-state index is -4.91. The SMILES string of the molecule is COc1cc2c(cc1S(=O)(=O)F)OCC(=O)N2. The van der Waals surface area contributed by atoms with Crippen LogP contribution < -0.4 is 14.8 Å². The first-order valence-electron chi connectivity index (χ1n) is 4.51. The maximum atomic E-state index is 13.0. The molecular formula is C9H8FNO5S. The lowest BCUT2D eigenvalue weighted by atomic mass is 10.2. The zero-order valence-electron chi connectivity index (χ0n) is 8.69. The quantitative estimate of drug-likeness (QED) is 0.792. The van der Waals surface area contributed by atoms with Crippen molar-refractivity contribution in [1.82, 2.24) is 0 Å². The van der Waals surface area contributed by atoms with Gasteiger partial charge in [0.1, 0.15) is 16.4 Å². The van der Waals surface area contributed by atoms with Gasteiger partial charge in [0.25, 0.3) is 5.91 Å². The van der Waals surface area contributed by atoms with Crippen LogP contribution in [0.2, 0.25) is 0 Å². The summed E-state index contributed by atoms with van der Waals surface area (Å²) in [6.07, 6.45) is 0. The Labute approximate surface area is 96.5 Å². The maximum absolute atomic E-state index is 13.0. The first-order chi connectivity index (χ1) is 7.91. The molecule has 0 atom stereocenters. The summed E-state index contributed by atoms with van der Waals surface area (Å²) in [6, 6.07) is 2.17. The van der Waals surface area contributed by atoms with Crippen molar-refractivity contribution in [2.45, 2.75) is 4.90 Å². The minimum absolute atomic E-state index is 0.0848. The summed E-state index contributed by atoms with van der Waals surface area (Å²) in [5, 5.41) is 2.45. The number of nitrogens with one attached hydrogen (secondary N) is 1. The number of hydrogen-bond acceptors (Lipinski definition) is 5. The fraction of sp³-hybridized carbons (Fsp3) is 0.222. The molecule has 1 aromatic carbocycles. The summed E-state index contributed by atoms with van der Waals surface area (Å²) in [5.74, 6) is -0.492. The van der Waals surface area contributed by atoms with E-state index >= 15 is 0 Å². The average molecular weight is 261 g/mol. The monoisotopic (exact) mass is 261 g/mol. The smallest absolute Gasteiger partial charge is 0.335 e. The van der Waals surface area contributed by atoms with Gasteiger partial charge in [0.15, 0.2) is 6.61 Å². The van der Waals surface area contributed by atoms with Crippen LogP contribution in [0.4, 0.5) is 9.57 Å². The van der Waals surface area contributed by atoms with Crippen molar-refractivity contribution in [3.63, 3.8) is 0 Å². The number of benzene rings is 1. The van der Waals surface area contributed by atoms with Crippen molar-refractivity contribution in [2.24, 2.45) is 0 Å². The van der Waals surface area contributed by atoms with Crippen LogP contribution in [-0.2, 0) is 15.0 Å². The number of carbonyl (C=O) groups excluding carboxylic acids is 1. The van der Waals surface area contributed by atoms with Gasteiger partial charge in [-0.2, -0.15) is 8.42 Å². The van der Waals surface area contributed by atoms with Crippen LogP contribution in [0.15, 0.2) is 17.0 Å². The van der Waals surface area contributed by atoms with E-state index in [9.17, 15) is 17.1 Å². The molecular weight excluding hydrogens is 253 g/mol. The van der Waals surface area contributed by atoms with Crippen LogP contribution in [0.25, 0.3) is 0 Å². The number of hydrogen-bond donors (Lipinski definition) is 1. The molecule has 2 rings (SSSR count). The first-order valence-corrected chi connectivity index (χ1v) is 5.89. The van der Waals surface area contributed by atoms with Crippen LogP contribution in [0.1, 0.15) is 0 Å². The van der Waals surface area contributed by atoms with Crippen LogP contribution in [0, 0.1) is 0 Å². The molecule has 92 valence electrons. The van der Waals surface area contributed by atoms with Crippen molar-refractivity contribution in [1.29, 1.82) is 0 Å². The predicted molar refractivity (Wildman–Crippen MR) is 55.4 cm³/mol. The number of anilines is 1. The second kappa shape index (κ2) is 3.88. The first kappa shape index (κ1) is 11.6. The molecule has 0 fully saturated rings. The van der Waals surface area contributed by atoms with Crippen molar-refractivity contribution in [2.75, 3.05) is 19.0 Å². The van der Waals surface area contributed by atoms with Gasteiger partial charge in [-0.1, -0.05) is 0 Å². The highest BCUT2D eigenvalue weighted by molar-refractivity contribution is 7.86. The molecule has 1 heterocycles. The predicted octanol–water partition coefficient (Wildman–Crippen LogP) is 0.684. The summed E-state index contributed by atoms with van der Waals surface area (Å²) in [5.41, 5.74) is 0.241. The van der Waals surface area contributed by atoms with E-state index in [-0.39, 0.29) is 29.7 Å². The Morgan fingerprint density at radius 1 is 1.47 bits per heavy atom. The number of rotatable bonds is 2. The summed E-state index contributed by atoms with van der Waals surface area (Å²) < 4.78 is 44.4. The Kier molecular flexibility index (Phi) is 2.66. The topological polar surface area (TPSA) is 81.7 Å². The molecule has 0 radical (unpaired) electrons. The fourth-order valence-electron chi connectivity index (χ4n) is 1.44. The van der Waals surface area contributed by atoms with Gasteiger partial charge in [-0.25, -0.2) is 0 Å². The van der Waals surface area contributed by atoms with E-state index in [0.717, 1.165) is 6.07 Å². The van der Waals surface area contributed by atoms with E-state index in [1.807, 2.05) is 0 Å². The third-order valence-corrected chi connectivity index (χ3v) is 3.01. The van der Waals surface area contributed by atoms with Gasteiger partial charge in [-0.3, -0.25) is 4.79 Å². The molecule has 0 aromatic heterocycles. The maximum Gasteiger partial charge on any atom is 0.335 e. The molecule has 0 saturated heterocycles. The number of amides is 1. The number of ether oxygens (including phenoxy) is 2.